The molecule has 0 radical (unpaired) electrons. The maximum atomic E-state index is 13.5. The molecular formula is C27H27N5O4. The summed E-state index contributed by atoms with van der Waals surface area (Å²) in [5.74, 6) is -0.561. The average molecular weight is 486 g/mol. The van der Waals surface area contributed by atoms with E-state index in [1.807, 2.05) is 32.0 Å². The summed E-state index contributed by atoms with van der Waals surface area (Å²) in [6.07, 6.45) is 3.69. The van der Waals surface area contributed by atoms with Gasteiger partial charge in [-0.3, -0.25) is 9.59 Å². The molecule has 1 aliphatic carbocycles. The monoisotopic (exact) mass is 485 g/mol. The lowest BCUT2D eigenvalue weighted by Crippen LogP contribution is -2.31. The fourth-order valence-electron chi connectivity index (χ4n) is 4.33. The summed E-state index contributed by atoms with van der Waals surface area (Å²) in [5, 5.41) is 12.6. The third-order valence-corrected chi connectivity index (χ3v) is 6.23. The molecule has 0 spiro atoms. The first-order valence-electron chi connectivity index (χ1n) is 12.0. The van der Waals surface area contributed by atoms with Crippen LogP contribution in [0, 0.1) is 13.8 Å². The van der Waals surface area contributed by atoms with Gasteiger partial charge in [-0.2, -0.15) is 10.2 Å². The second-order valence-corrected chi connectivity index (χ2v) is 9.08. The standard InChI is InChI=1S/C27H27N5O4/c1-4-36-27(35)19-8-10-20(11-9-19)29-23(33)15-31-26(34)25-21(24(30-31)18-6-7-18)14-28-32(25)22-12-5-16(2)13-17(22)3/h5,8-14,18H,4,6-7,15H2,1-3H3,(H,29,33). The molecule has 1 saturated carbocycles. The highest BCUT2D eigenvalue weighted by atomic mass is 16.5. The lowest BCUT2D eigenvalue weighted by Gasteiger charge is -2.12. The van der Waals surface area contributed by atoms with Crippen molar-refractivity contribution in [2.45, 2.75) is 46.1 Å². The number of aryl methyl sites for hydroxylation is 2. The van der Waals surface area contributed by atoms with E-state index in [4.69, 9.17) is 4.74 Å². The molecule has 0 atom stereocenters. The minimum Gasteiger partial charge on any atom is -0.462 e. The number of fused-ring (bicyclic) bond motifs is 1. The van der Waals surface area contributed by atoms with Gasteiger partial charge in [-0.05, 0) is 69.5 Å². The Morgan fingerprint density at radius 2 is 1.86 bits per heavy atom. The largest absolute Gasteiger partial charge is 0.462 e. The average Bonchev–Trinajstić information content (AvgIpc) is 3.60. The smallest absolute Gasteiger partial charge is 0.338 e. The van der Waals surface area contributed by atoms with E-state index in [1.165, 1.54) is 4.68 Å². The van der Waals surface area contributed by atoms with E-state index in [0.29, 0.717) is 16.8 Å². The summed E-state index contributed by atoms with van der Waals surface area (Å²) in [6.45, 7) is 5.78. The fraction of sp³-hybridized carbons (Fsp3) is 0.296. The zero-order valence-corrected chi connectivity index (χ0v) is 20.4. The van der Waals surface area contributed by atoms with Crippen molar-refractivity contribution in [1.82, 2.24) is 19.6 Å². The zero-order chi connectivity index (χ0) is 25.4. The quantitative estimate of drug-likeness (QED) is 0.398. The van der Waals surface area contributed by atoms with Crippen LogP contribution >= 0.6 is 0 Å². The summed E-state index contributed by atoms with van der Waals surface area (Å²) in [6, 6.07) is 12.4. The van der Waals surface area contributed by atoms with Gasteiger partial charge >= 0.3 is 5.97 Å². The molecule has 1 amide bonds. The molecule has 2 aromatic heterocycles. The molecule has 9 nitrogen and oxygen atoms in total. The summed E-state index contributed by atoms with van der Waals surface area (Å²) in [4.78, 5) is 38.2. The van der Waals surface area contributed by atoms with Crippen LogP contribution in [-0.4, -0.2) is 38.0 Å². The molecule has 184 valence electrons. The van der Waals surface area contributed by atoms with Crippen LogP contribution in [0.5, 0.6) is 0 Å². The molecule has 5 rings (SSSR count). The van der Waals surface area contributed by atoms with Crippen LogP contribution < -0.4 is 10.9 Å². The van der Waals surface area contributed by atoms with Gasteiger partial charge in [0, 0.05) is 17.0 Å². The molecule has 0 unspecified atom stereocenters. The van der Waals surface area contributed by atoms with Crippen LogP contribution in [0.3, 0.4) is 0 Å². The topological polar surface area (TPSA) is 108 Å². The Bertz CT molecular complexity index is 1530. The Labute approximate surface area is 207 Å². The minimum absolute atomic E-state index is 0.244. The molecule has 1 aliphatic rings. The van der Waals surface area contributed by atoms with E-state index in [1.54, 1.807) is 42.1 Å². The zero-order valence-electron chi connectivity index (χ0n) is 20.4. The normalized spacial score (nSPS) is 13.1. The number of rotatable bonds is 7. The van der Waals surface area contributed by atoms with E-state index < -0.39 is 11.9 Å². The highest BCUT2D eigenvalue weighted by molar-refractivity contribution is 5.93. The number of hydrogen-bond donors (Lipinski definition) is 1. The van der Waals surface area contributed by atoms with Crippen molar-refractivity contribution >= 4 is 28.5 Å². The molecule has 0 bridgehead atoms. The van der Waals surface area contributed by atoms with Crippen molar-refractivity contribution in [3.63, 3.8) is 0 Å². The molecule has 4 aromatic rings. The van der Waals surface area contributed by atoms with Crippen LogP contribution in [0.25, 0.3) is 16.6 Å². The molecule has 1 fully saturated rings. The molecule has 36 heavy (non-hydrogen) atoms. The molecule has 0 saturated heterocycles. The van der Waals surface area contributed by atoms with Crippen LogP contribution in [0.4, 0.5) is 5.69 Å². The van der Waals surface area contributed by atoms with Gasteiger partial charge in [0.25, 0.3) is 5.56 Å². The number of nitrogens with one attached hydrogen (secondary N) is 1. The maximum absolute atomic E-state index is 13.5. The summed E-state index contributed by atoms with van der Waals surface area (Å²) >= 11 is 0. The Morgan fingerprint density at radius 1 is 1.11 bits per heavy atom. The van der Waals surface area contributed by atoms with E-state index in [9.17, 15) is 14.4 Å². The van der Waals surface area contributed by atoms with Crippen molar-refractivity contribution in [3.8, 4) is 5.69 Å². The molecule has 0 aliphatic heterocycles. The number of hydrogen-bond acceptors (Lipinski definition) is 6. The van der Waals surface area contributed by atoms with Crippen molar-refractivity contribution in [1.29, 1.82) is 0 Å². The third-order valence-electron chi connectivity index (χ3n) is 6.23. The number of aromatic nitrogens is 4. The highest BCUT2D eigenvalue weighted by Gasteiger charge is 2.30. The molecule has 2 aromatic carbocycles. The molecule has 9 heteroatoms. The predicted molar refractivity (Wildman–Crippen MR) is 136 cm³/mol. The van der Waals surface area contributed by atoms with E-state index in [2.05, 4.69) is 15.5 Å². The van der Waals surface area contributed by atoms with Gasteiger partial charge in [-0.1, -0.05) is 17.7 Å². The third kappa shape index (κ3) is 4.51. The lowest BCUT2D eigenvalue weighted by molar-refractivity contribution is -0.117. The lowest BCUT2D eigenvalue weighted by atomic mass is 10.1. The van der Waals surface area contributed by atoms with Gasteiger partial charge in [0.2, 0.25) is 5.91 Å². The SMILES string of the molecule is CCOC(=O)c1ccc(NC(=O)Cn2nc(C3CC3)c3cnn(-c4ccc(C)cc4C)c3c2=O)cc1. The number of ether oxygens (including phenoxy) is 1. The maximum Gasteiger partial charge on any atom is 0.338 e. The molecule has 2 heterocycles. The van der Waals surface area contributed by atoms with Crippen molar-refractivity contribution in [2.24, 2.45) is 0 Å². The van der Waals surface area contributed by atoms with Crippen molar-refractivity contribution < 1.29 is 14.3 Å². The second-order valence-electron chi connectivity index (χ2n) is 9.08. The van der Waals surface area contributed by atoms with E-state index in [-0.39, 0.29) is 24.6 Å². The first-order chi connectivity index (χ1) is 17.4. The highest BCUT2D eigenvalue weighted by Crippen LogP contribution is 2.41. The first-order valence-corrected chi connectivity index (χ1v) is 12.0. The Balaban J connectivity index is 1.46. The Kier molecular flexibility index (Phi) is 6.13. The van der Waals surface area contributed by atoms with Crippen LogP contribution in [0.2, 0.25) is 0 Å². The number of anilines is 1. The van der Waals surface area contributed by atoms with Crippen LogP contribution in [-0.2, 0) is 16.1 Å². The van der Waals surface area contributed by atoms with Gasteiger partial charge < -0.3 is 10.1 Å². The van der Waals surface area contributed by atoms with Gasteiger partial charge in [0.15, 0.2) is 0 Å². The fourth-order valence-corrected chi connectivity index (χ4v) is 4.33. The number of amides is 1. The van der Waals surface area contributed by atoms with Crippen LogP contribution in [0.15, 0.2) is 53.5 Å². The minimum atomic E-state index is -0.424. The summed E-state index contributed by atoms with van der Waals surface area (Å²) < 4.78 is 7.86. The number of benzene rings is 2. The number of carbonyl (C=O) groups excluding carboxylic acids is 2. The summed E-state index contributed by atoms with van der Waals surface area (Å²) in [7, 11) is 0. The Morgan fingerprint density at radius 3 is 2.53 bits per heavy atom. The van der Waals surface area contributed by atoms with E-state index in [0.717, 1.165) is 40.7 Å². The Hall–Kier alpha value is -4.27. The predicted octanol–water partition coefficient (Wildman–Crippen LogP) is 3.89. The number of carbonyl (C=O) groups is 2. The van der Waals surface area contributed by atoms with Gasteiger partial charge in [-0.25, -0.2) is 14.2 Å². The van der Waals surface area contributed by atoms with Gasteiger partial charge in [-0.15, -0.1) is 0 Å². The first kappa shape index (κ1) is 23.5. The number of nitrogens with zero attached hydrogens (tertiary/aromatic N) is 4. The second kappa shape index (κ2) is 9.41. The van der Waals surface area contributed by atoms with Crippen molar-refractivity contribution in [3.05, 3.63) is 81.4 Å². The molecular weight excluding hydrogens is 458 g/mol. The van der Waals surface area contributed by atoms with Gasteiger partial charge in [0.1, 0.15) is 12.1 Å². The van der Waals surface area contributed by atoms with E-state index >= 15 is 0 Å². The van der Waals surface area contributed by atoms with Crippen molar-refractivity contribution in [2.75, 3.05) is 11.9 Å². The van der Waals surface area contributed by atoms with Gasteiger partial charge in [0.05, 0.1) is 29.7 Å². The number of esters is 1. The molecule has 1 N–H and O–H groups in total. The van der Waals surface area contributed by atoms with Crippen LogP contribution in [0.1, 0.15) is 52.9 Å². The summed E-state index contributed by atoms with van der Waals surface area (Å²) in [5.41, 5.74) is 4.68.